The van der Waals surface area contributed by atoms with E-state index in [0.717, 1.165) is 23.4 Å². The fourth-order valence-electron chi connectivity index (χ4n) is 1.74. The molecule has 0 aliphatic rings. The summed E-state index contributed by atoms with van der Waals surface area (Å²) in [5, 5.41) is 10.6. The molecule has 2 rings (SSSR count). The van der Waals surface area contributed by atoms with E-state index in [1.165, 1.54) is 6.07 Å². The number of nitro benzene ring substituents is 1. The molecule has 78 valence electrons. The van der Waals surface area contributed by atoms with Gasteiger partial charge in [-0.05, 0) is 19.9 Å². The van der Waals surface area contributed by atoms with E-state index < -0.39 is 0 Å². The summed E-state index contributed by atoms with van der Waals surface area (Å²) in [4.78, 5) is 14.6. The summed E-state index contributed by atoms with van der Waals surface area (Å²) < 4.78 is 1.96. The fourth-order valence-corrected chi connectivity index (χ4v) is 1.74. The van der Waals surface area contributed by atoms with Gasteiger partial charge in [0.2, 0.25) is 0 Å². The minimum atomic E-state index is -0.387. The molecule has 0 atom stereocenters. The Morgan fingerprint density at radius 2 is 2.27 bits per heavy atom. The van der Waals surface area contributed by atoms with Crippen molar-refractivity contribution in [1.82, 2.24) is 9.55 Å². The van der Waals surface area contributed by atoms with E-state index in [9.17, 15) is 10.1 Å². The Morgan fingerprint density at radius 3 is 2.87 bits per heavy atom. The fraction of sp³-hybridized carbons (Fsp3) is 0.300. The zero-order chi connectivity index (χ0) is 11.0. The maximum absolute atomic E-state index is 10.6. The van der Waals surface area contributed by atoms with Gasteiger partial charge in [-0.15, -0.1) is 0 Å². The molecular formula is C10H11N3O2. The van der Waals surface area contributed by atoms with Crippen LogP contribution in [0.1, 0.15) is 12.7 Å². The largest absolute Gasteiger partial charge is 0.328 e. The molecule has 0 radical (unpaired) electrons. The van der Waals surface area contributed by atoms with Crippen molar-refractivity contribution >= 4 is 16.7 Å². The Hall–Kier alpha value is -1.91. The van der Waals surface area contributed by atoms with Crippen LogP contribution < -0.4 is 0 Å². The molecule has 0 amide bonds. The lowest BCUT2D eigenvalue weighted by Crippen LogP contribution is -1.96. The summed E-state index contributed by atoms with van der Waals surface area (Å²) >= 11 is 0. The predicted molar refractivity (Wildman–Crippen MR) is 56.8 cm³/mol. The van der Waals surface area contributed by atoms with Crippen molar-refractivity contribution in [2.45, 2.75) is 20.4 Å². The van der Waals surface area contributed by atoms with Crippen molar-refractivity contribution < 1.29 is 4.92 Å². The third-order valence-electron chi connectivity index (χ3n) is 2.45. The van der Waals surface area contributed by atoms with Crippen LogP contribution in [0.4, 0.5) is 5.69 Å². The van der Waals surface area contributed by atoms with E-state index in [1.807, 2.05) is 18.4 Å². The standard InChI is InChI=1S/C10H11N3O2/c1-3-12-7(2)11-9-5-4-8(13(14)15)6-10(9)12/h4-6H,3H2,1-2H3. The number of non-ortho nitro benzene ring substituents is 1. The number of imidazole rings is 1. The van der Waals surface area contributed by atoms with Gasteiger partial charge in [0.25, 0.3) is 5.69 Å². The molecule has 2 aromatic rings. The Morgan fingerprint density at radius 1 is 1.53 bits per heavy atom. The lowest BCUT2D eigenvalue weighted by molar-refractivity contribution is -0.384. The van der Waals surface area contributed by atoms with Gasteiger partial charge in [-0.25, -0.2) is 4.98 Å². The normalized spacial score (nSPS) is 10.8. The zero-order valence-corrected chi connectivity index (χ0v) is 8.60. The molecule has 0 N–H and O–H groups in total. The lowest BCUT2D eigenvalue weighted by Gasteiger charge is -2.00. The molecule has 5 heteroatoms. The van der Waals surface area contributed by atoms with Gasteiger partial charge in [0.1, 0.15) is 5.82 Å². The summed E-state index contributed by atoms with van der Waals surface area (Å²) in [5.74, 6) is 0.882. The quantitative estimate of drug-likeness (QED) is 0.558. The molecule has 5 nitrogen and oxygen atoms in total. The molecule has 1 heterocycles. The third kappa shape index (κ3) is 1.45. The number of aryl methyl sites for hydroxylation is 2. The second kappa shape index (κ2) is 3.34. The SMILES string of the molecule is CCn1c(C)nc2ccc([N+](=O)[O-])cc21. The maximum Gasteiger partial charge on any atom is 0.271 e. The van der Waals surface area contributed by atoms with Crippen molar-refractivity contribution in [3.63, 3.8) is 0 Å². The van der Waals surface area contributed by atoms with Crippen molar-refractivity contribution in [2.24, 2.45) is 0 Å². The van der Waals surface area contributed by atoms with Crippen LogP contribution in [0.25, 0.3) is 11.0 Å². The summed E-state index contributed by atoms with van der Waals surface area (Å²) in [7, 11) is 0. The van der Waals surface area contributed by atoms with Gasteiger partial charge in [0, 0.05) is 18.7 Å². The number of aromatic nitrogens is 2. The van der Waals surface area contributed by atoms with E-state index in [0.29, 0.717) is 0 Å². The summed E-state index contributed by atoms with van der Waals surface area (Å²) in [6, 6.07) is 4.74. The second-order valence-electron chi connectivity index (χ2n) is 3.33. The Balaban J connectivity index is 2.73. The maximum atomic E-state index is 10.6. The minimum absolute atomic E-state index is 0.108. The van der Waals surface area contributed by atoms with E-state index in [1.54, 1.807) is 12.1 Å². The number of nitro groups is 1. The first-order chi connectivity index (χ1) is 7.13. The minimum Gasteiger partial charge on any atom is -0.328 e. The Kier molecular flexibility index (Phi) is 2.15. The van der Waals surface area contributed by atoms with E-state index in [2.05, 4.69) is 4.98 Å². The molecule has 1 aromatic heterocycles. The second-order valence-corrected chi connectivity index (χ2v) is 3.33. The number of nitrogens with zero attached hydrogens (tertiary/aromatic N) is 3. The molecule has 0 aliphatic heterocycles. The molecule has 0 saturated heterocycles. The van der Waals surface area contributed by atoms with Crippen molar-refractivity contribution in [3.8, 4) is 0 Å². The van der Waals surface area contributed by atoms with Crippen LogP contribution >= 0.6 is 0 Å². The van der Waals surface area contributed by atoms with Crippen LogP contribution in [-0.2, 0) is 6.54 Å². The monoisotopic (exact) mass is 205 g/mol. The molecule has 0 aliphatic carbocycles. The number of rotatable bonds is 2. The summed E-state index contributed by atoms with van der Waals surface area (Å²) in [6.45, 7) is 4.66. The van der Waals surface area contributed by atoms with E-state index in [-0.39, 0.29) is 10.6 Å². The molecule has 15 heavy (non-hydrogen) atoms. The van der Waals surface area contributed by atoms with E-state index in [4.69, 9.17) is 0 Å². The van der Waals surface area contributed by atoms with Gasteiger partial charge in [-0.2, -0.15) is 0 Å². The topological polar surface area (TPSA) is 61.0 Å². The average molecular weight is 205 g/mol. The zero-order valence-electron chi connectivity index (χ0n) is 8.60. The Labute approximate surface area is 86.5 Å². The molecule has 0 saturated carbocycles. The smallest absolute Gasteiger partial charge is 0.271 e. The third-order valence-corrected chi connectivity index (χ3v) is 2.45. The molecule has 0 unspecified atom stereocenters. The highest BCUT2D eigenvalue weighted by molar-refractivity contribution is 5.78. The average Bonchev–Trinajstić information content (AvgIpc) is 2.51. The van der Waals surface area contributed by atoms with Crippen molar-refractivity contribution in [3.05, 3.63) is 34.1 Å². The Bertz CT molecular complexity index is 531. The van der Waals surface area contributed by atoms with Crippen LogP contribution in [0.5, 0.6) is 0 Å². The highest BCUT2D eigenvalue weighted by Gasteiger charge is 2.11. The number of fused-ring (bicyclic) bond motifs is 1. The molecule has 0 bridgehead atoms. The summed E-state index contributed by atoms with van der Waals surface area (Å²) in [6.07, 6.45) is 0. The molecule has 0 fully saturated rings. The van der Waals surface area contributed by atoms with Crippen LogP contribution in [0.2, 0.25) is 0 Å². The van der Waals surface area contributed by atoms with Gasteiger partial charge >= 0.3 is 0 Å². The van der Waals surface area contributed by atoms with Gasteiger partial charge in [-0.3, -0.25) is 10.1 Å². The first-order valence-corrected chi connectivity index (χ1v) is 4.74. The van der Waals surface area contributed by atoms with Crippen LogP contribution in [0.15, 0.2) is 18.2 Å². The summed E-state index contributed by atoms with van der Waals surface area (Å²) in [5.41, 5.74) is 1.74. The highest BCUT2D eigenvalue weighted by Crippen LogP contribution is 2.21. The first kappa shape index (κ1) is 9.64. The molecular weight excluding hydrogens is 194 g/mol. The van der Waals surface area contributed by atoms with Gasteiger partial charge in [-0.1, -0.05) is 0 Å². The van der Waals surface area contributed by atoms with Gasteiger partial charge in [0.15, 0.2) is 0 Å². The van der Waals surface area contributed by atoms with E-state index >= 15 is 0 Å². The number of hydrogen-bond acceptors (Lipinski definition) is 3. The number of hydrogen-bond donors (Lipinski definition) is 0. The molecule has 1 aromatic carbocycles. The predicted octanol–water partition coefficient (Wildman–Crippen LogP) is 2.27. The first-order valence-electron chi connectivity index (χ1n) is 4.74. The van der Waals surface area contributed by atoms with Crippen LogP contribution in [0, 0.1) is 17.0 Å². The van der Waals surface area contributed by atoms with Gasteiger partial charge < -0.3 is 4.57 Å². The molecule has 0 spiro atoms. The number of benzene rings is 1. The van der Waals surface area contributed by atoms with Crippen molar-refractivity contribution in [1.29, 1.82) is 0 Å². The van der Waals surface area contributed by atoms with Crippen molar-refractivity contribution in [2.75, 3.05) is 0 Å². The highest BCUT2D eigenvalue weighted by atomic mass is 16.6. The van der Waals surface area contributed by atoms with Gasteiger partial charge in [0.05, 0.1) is 16.0 Å². The van der Waals surface area contributed by atoms with Crippen LogP contribution in [0.3, 0.4) is 0 Å². The lowest BCUT2D eigenvalue weighted by atomic mass is 10.3. The van der Waals surface area contributed by atoms with Crippen LogP contribution in [-0.4, -0.2) is 14.5 Å².